The summed E-state index contributed by atoms with van der Waals surface area (Å²) in [4.78, 5) is 11.8. The van der Waals surface area contributed by atoms with Gasteiger partial charge in [-0.05, 0) is 32.2 Å². The van der Waals surface area contributed by atoms with Gasteiger partial charge in [-0.25, -0.2) is 0 Å². The van der Waals surface area contributed by atoms with Crippen LogP contribution < -0.4 is 10.6 Å². The maximum absolute atomic E-state index is 11.8. The maximum Gasteiger partial charge on any atom is 0.224 e. The lowest BCUT2D eigenvalue weighted by atomic mass is 9.99. The first kappa shape index (κ1) is 13.8. The third-order valence-electron chi connectivity index (χ3n) is 3.54. The Kier molecular flexibility index (Phi) is 5.90. The molecule has 0 bridgehead atoms. The molecule has 0 spiro atoms. The van der Waals surface area contributed by atoms with Crippen molar-refractivity contribution < 1.29 is 14.3 Å². The summed E-state index contributed by atoms with van der Waals surface area (Å²) in [7, 11) is 0. The van der Waals surface area contributed by atoms with Gasteiger partial charge in [-0.1, -0.05) is 0 Å². The number of hydrogen-bond acceptors (Lipinski definition) is 4. The minimum Gasteiger partial charge on any atom is -0.377 e. The average Bonchev–Trinajstić information content (AvgIpc) is 2.92. The summed E-state index contributed by atoms with van der Waals surface area (Å²) in [5, 5.41) is 6.18. The molecular formula is C13H24N2O3. The molecule has 0 aromatic rings. The summed E-state index contributed by atoms with van der Waals surface area (Å²) in [6.07, 6.45) is 4.59. The molecule has 2 fully saturated rings. The van der Waals surface area contributed by atoms with Crippen LogP contribution in [0.15, 0.2) is 0 Å². The number of piperidine rings is 1. The highest BCUT2D eigenvalue weighted by molar-refractivity contribution is 5.78. The quantitative estimate of drug-likeness (QED) is 0.671. The van der Waals surface area contributed by atoms with Gasteiger partial charge in [0.1, 0.15) is 0 Å². The number of carbonyl (C=O) groups is 1. The van der Waals surface area contributed by atoms with Crippen molar-refractivity contribution in [2.75, 3.05) is 39.5 Å². The van der Waals surface area contributed by atoms with Crippen LogP contribution in [0.2, 0.25) is 0 Å². The smallest absolute Gasteiger partial charge is 0.224 e. The SMILES string of the molecule is O=C(NCCOC[C@@H]1CCCO1)[C@@H]1CCCNC1. The van der Waals surface area contributed by atoms with Gasteiger partial charge in [0.15, 0.2) is 0 Å². The number of rotatable bonds is 6. The third kappa shape index (κ3) is 4.55. The van der Waals surface area contributed by atoms with E-state index in [4.69, 9.17) is 9.47 Å². The molecule has 5 nitrogen and oxygen atoms in total. The van der Waals surface area contributed by atoms with E-state index in [0.29, 0.717) is 19.8 Å². The van der Waals surface area contributed by atoms with E-state index in [9.17, 15) is 4.79 Å². The lowest BCUT2D eigenvalue weighted by molar-refractivity contribution is -0.125. The second-order valence-corrected chi connectivity index (χ2v) is 5.04. The zero-order chi connectivity index (χ0) is 12.6. The molecular weight excluding hydrogens is 232 g/mol. The molecule has 2 N–H and O–H groups in total. The van der Waals surface area contributed by atoms with Gasteiger partial charge >= 0.3 is 0 Å². The van der Waals surface area contributed by atoms with E-state index in [2.05, 4.69) is 10.6 Å². The third-order valence-corrected chi connectivity index (χ3v) is 3.54. The Morgan fingerprint density at radius 2 is 2.33 bits per heavy atom. The molecule has 2 atom stereocenters. The topological polar surface area (TPSA) is 59.6 Å². The Bertz CT molecular complexity index is 249. The van der Waals surface area contributed by atoms with Crippen LogP contribution in [-0.2, 0) is 14.3 Å². The molecule has 2 heterocycles. The van der Waals surface area contributed by atoms with Gasteiger partial charge in [0.2, 0.25) is 5.91 Å². The molecule has 2 aliphatic rings. The normalized spacial score (nSPS) is 28.2. The Balaban J connectivity index is 1.48. The average molecular weight is 256 g/mol. The molecule has 104 valence electrons. The second-order valence-electron chi connectivity index (χ2n) is 5.04. The Morgan fingerprint density at radius 1 is 1.39 bits per heavy atom. The molecule has 0 saturated carbocycles. The minimum absolute atomic E-state index is 0.136. The van der Waals surface area contributed by atoms with Gasteiger partial charge in [0.25, 0.3) is 0 Å². The van der Waals surface area contributed by atoms with Crippen LogP contribution in [0.5, 0.6) is 0 Å². The van der Waals surface area contributed by atoms with E-state index in [0.717, 1.165) is 45.4 Å². The van der Waals surface area contributed by atoms with Gasteiger partial charge in [0.05, 0.1) is 25.2 Å². The fourth-order valence-corrected chi connectivity index (χ4v) is 2.46. The molecule has 0 radical (unpaired) electrons. The van der Waals surface area contributed by atoms with Gasteiger partial charge < -0.3 is 20.1 Å². The molecule has 0 aromatic heterocycles. The molecule has 0 unspecified atom stereocenters. The first-order valence-corrected chi connectivity index (χ1v) is 7.04. The molecule has 0 aromatic carbocycles. The van der Waals surface area contributed by atoms with Crippen molar-refractivity contribution in [3.63, 3.8) is 0 Å². The first-order valence-electron chi connectivity index (χ1n) is 7.04. The highest BCUT2D eigenvalue weighted by atomic mass is 16.5. The molecule has 5 heteroatoms. The van der Waals surface area contributed by atoms with Crippen LogP contribution in [-0.4, -0.2) is 51.5 Å². The summed E-state index contributed by atoms with van der Waals surface area (Å²) in [5.41, 5.74) is 0. The number of hydrogen-bond donors (Lipinski definition) is 2. The van der Waals surface area contributed by atoms with Crippen molar-refractivity contribution in [2.24, 2.45) is 5.92 Å². The van der Waals surface area contributed by atoms with E-state index >= 15 is 0 Å². The number of ether oxygens (including phenoxy) is 2. The van der Waals surface area contributed by atoms with E-state index in [1.165, 1.54) is 0 Å². The Labute approximate surface area is 109 Å². The highest BCUT2D eigenvalue weighted by Crippen LogP contribution is 2.12. The number of nitrogens with one attached hydrogen (secondary N) is 2. The Hall–Kier alpha value is -0.650. The zero-order valence-electron chi connectivity index (χ0n) is 11.0. The van der Waals surface area contributed by atoms with Crippen LogP contribution >= 0.6 is 0 Å². The van der Waals surface area contributed by atoms with Crippen molar-refractivity contribution in [3.05, 3.63) is 0 Å². The fraction of sp³-hybridized carbons (Fsp3) is 0.923. The summed E-state index contributed by atoms with van der Waals surface area (Å²) in [5.74, 6) is 0.292. The van der Waals surface area contributed by atoms with Crippen molar-refractivity contribution in [1.82, 2.24) is 10.6 Å². The van der Waals surface area contributed by atoms with Crippen molar-refractivity contribution in [3.8, 4) is 0 Å². The van der Waals surface area contributed by atoms with Crippen LogP contribution in [0.25, 0.3) is 0 Å². The van der Waals surface area contributed by atoms with Crippen molar-refractivity contribution in [2.45, 2.75) is 31.8 Å². The van der Waals surface area contributed by atoms with Crippen LogP contribution in [0, 0.1) is 5.92 Å². The van der Waals surface area contributed by atoms with Crippen LogP contribution in [0.3, 0.4) is 0 Å². The second kappa shape index (κ2) is 7.71. The molecule has 2 aliphatic heterocycles. The molecule has 2 rings (SSSR count). The van der Waals surface area contributed by atoms with Crippen LogP contribution in [0.1, 0.15) is 25.7 Å². The predicted molar refractivity (Wildman–Crippen MR) is 68.4 cm³/mol. The molecule has 18 heavy (non-hydrogen) atoms. The standard InChI is InChI=1S/C13H24N2O3/c16-13(11-3-1-5-14-9-11)15-6-8-17-10-12-4-2-7-18-12/h11-12,14H,1-10H2,(H,15,16)/t11-,12+/m1/s1. The Morgan fingerprint density at radius 3 is 3.06 bits per heavy atom. The molecule has 1 amide bonds. The van der Waals surface area contributed by atoms with Gasteiger partial charge in [-0.3, -0.25) is 4.79 Å². The van der Waals surface area contributed by atoms with Crippen LogP contribution in [0.4, 0.5) is 0 Å². The summed E-state index contributed by atoms with van der Waals surface area (Å²) in [6.45, 7) is 4.53. The van der Waals surface area contributed by atoms with Gasteiger partial charge in [-0.15, -0.1) is 0 Å². The largest absolute Gasteiger partial charge is 0.377 e. The molecule has 0 aliphatic carbocycles. The predicted octanol–water partition coefficient (Wildman–Crippen LogP) is 0.298. The van der Waals surface area contributed by atoms with Crippen molar-refractivity contribution >= 4 is 5.91 Å². The first-order chi connectivity index (χ1) is 8.86. The summed E-state index contributed by atoms with van der Waals surface area (Å²) >= 11 is 0. The lowest BCUT2D eigenvalue weighted by Gasteiger charge is -2.21. The maximum atomic E-state index is 11.8. The van der Waals surface area contributed by atoms with Gasteiger partial charge in [0, 0.05) is 19.7 Å². The van der Waals surface area contributed by atoms with Crippen molar-refractivity contribution in [1.29, 1.82) is 0 Å². The molecule has 2 saturated heterocycles. The van der Waals surface area contributed by atoms with E-state index in [1.807, 2.05) is 0 Å². The summed E-state index contributed by atoms with van der Waals surface area (Å²) in [6, 6.07) is 0. The van der Waals surface area contributed by atoms with E-state index in [-0.39, 0.29) is 17.9 Å². The highest BCUT2D eigenvalue weighted by Gasteiger charge is 2.20. The summed E-state index contributed by atoms with van der Waals surface area (Å²) < 4.78 is 11.0. The lowest BCUT2D eigenvalue weighted by Crippen LogP contribution is -2.41. The monoisotopic (exact) mass is 256 g/mol. The van der Waals surface area contributed by atoms with E-state index < -0.39 is 0 Å². The van der Waals surface area contributed by atoms with Gasteiger partial charge in [-0.2, -0.15) is 0 Å². The minimum atomic E-state index is 0.136. The number of amides is 1. The zero-order valence-corrected chi connectivity index (χ0v) is 11.0. The fourth-order valence-electron chi connectivity index (χ4n) is 2.46. The number of carbonyl (C=O) groups excluding carboxylic acids is 1. The van der Waals surface area contributed by atoms with E-state index in [1.54, 1.807) is 0 Å².